The summed E-state index contributed by atoms with van der Waals surface area (Å²) in [7, 11) is 0. The highest BCUT2D eigenvalue weighted by atomic mass is 19.1. The van der Waals surface area contributed by atoms with Gasteiger partial charge in [-0.25, -0.2) is 9.37 Å². The third-order valence-electron chi connectivity index (χ3n) is 4.62. The summed E-state index contributed by atoms with van der Waals surface area (Å²) < 4.78 is 13.4. The zero-order valence-electron chi connectivity index (χ0n) is 14.5. The first-order valence-corrected chi connectivity index (χ1v) is 8.60. The van der Waals surface area contributed by atoms with Crippen LogP contribution in [0.2, 0.25) is 0 Å². The summed E-state index contributed by atoms with van der Waals surface area (Å²) in [6.45, 7) is 3.96. The maximum atomic E-state index is 13.4. The van der Waals surface area contributed by atoms with Crippen molar-refractivity contribution in [2.45, 2.75) is 26.4 Å². The molecule has 0 unspecified atom stereocenters. The van der Waals surface area contributed by atoms with Crippen LogP contribution in [-0.4, -0.2) is 26.4 Å². The molecule has 4 rings (SSSR count). The van der Waals surface area contributed by atoms with Crippen molar-refractivity contribution in [1.82, 2.24) is 19.9 Å². The molecule has 5 nitrogen and oxygen atoms in total. The molecular formula is C20H19FN4O. The van der Waals surface area contributed by atoms with Crippen LogP contribution in [0, 0.1) is 12.7 Å². The van der Waals surface area contributed by atoms with Gasteiger partial charge in [0.1, 0.15) is 11.6 Å². The number of hydrogen-bond donors (Lipinski definition) is 1. The number of H-pyrrole nitrogens is 1. The molecule has 0 aliphatic carbocycles. The monoisotopic (exact) mass is 350 g/mol. The third-order valence-corrected chi connectivity index (χ3v) is 4.62. The van der Waals surface area contributed by atoms with E-state index in [9.17, 15) is 9.18 Å². The van der Waals surface area contributed by atoms with Crippen LogP contribution in [0.1, 0.15) is 22.6 Å². The van der Waals surface area contributed by atoms with Gasteiger partial charge >= 0.3 is 0 Å². The van der Waals surface area contributed by atoms with Gasteiger partial charge in [-0.3, -0.25) is 14.7 Å². The average Bonchev–Trinajstić information content (AvgIpc) is 2.63. The second kappa shape index (κ2) is 6.80. The molecule has 0 bridgehead atoms. The largest absolute Gasteiger partial charge is 0.310 e. The van der Waals surface area contributed by atoms with Crippen molar-refractivity contribution >= 4 is 0 Å². The minimum atomic E-state index is -0.269. The Kier molecular flexibility index (Phi) is 4.34. The quantitative estimate of drug-likeness (QED) is 0.789. The first-order chi connectivity index (χ1) is 12.6. The molecule has 2 aromatic heterocycles. The molecule has 3 aromatic rings. The lowest BCUT2D eigenvalue weighted by molar-refractivity contribution is 0.241. The van der Waals surface area contributed by atoms with Crippen LogP contribution in [0.5, 0.6) is 0 Å². The molecule has 0 fully saturated rings. The number of nitrogens with zero attached hydrogens (tertiary/aromatic N) is 3. The molecule has 132 valence electrons. The summed E-state index contributed by atoms with van der Waals surface area (Å²) in [5, 5.41) is 0. The molecule has 1 aliphatic heterocycles. The van der Waals surface area contributed by atoms with Gasteiger partial charge < -0.3 is 4.98 Å². The minimum Gasteiger partial charge on any atom is -0.310 e. The number of aryl methyl sites for hydroxylation is 1. The van der Waals surface area contributed by atoms with Crippen molar-refractivity contribution in [2.75, 3.05) is 6.54 Å². The molecule has 1 N–H and O–H groups in total. The van der Waals surface area contributed by atoms with Crippen molar-refractivity contribution in [2.24, 2.45) is 0 Å². The fraction of sp³-hybridized carbons (Fsp3) is 0.250. The van der Waals surface area contributed by atoms with Crippen LogP contribution in [0.4, 0.5) is 4.39 Å². The molecule has 6 heteroatoms. The first-order valence-electron chi connectivity index (χ1n) is 8.60. The lowest BCUT2D eigenvalue weighted by atomic mass is 10.1. The normalized spacial score (nSPS) is 14.2. The van der Waals surface area contributed by atoms with Gasteiger partial charge in [0.15, 0.2) is 0 Å². The van der Waals surface area contributed by atoms with Gasteiger partial charge in [0.2, 0.25) is 0 Å². The molecule has 0 saturated heterocycles. The molecule has 1 aliphatic rings. The molecule has 0 amide bonds. The summed E-state index contributed by atoms with van der Waals surface area (Å²) in [4.78, 5) is 26.0. The standard InChI is InChI=1S/C20H19FN4O/c1-13-23-19-7-8-25(12-17(19)20(26)24-13)11-14-5-6-18(22-10-14)15-3-2-4-16(21)9-15/h2-6,9-10H,7-8,11-12H2,1H3,(H,23,24,26). The topological polar surface area (TPSA) is 61.9 Å². The van der Waals surface area contributed by atoms with Crippen LogP contribution in [0.25, 0.3) is 11.3 Å². The van der Waals surface area contributed by atoms with Crippen LogP contribution >= 0.6 is 0 Å². The van der Waals surface area contributed by atoms with E-state index in [1.807, 2.05) is 24.4 Å². The zero-order valence-corrected chi connectivity index (χ0v) is 14.5. The van der Waals surface area contributed by atoms with Crippen molar-refractivity contribution in [3.05, 3.63) is 81.4 Å². The van der Waals surface area contributed by atoms with Crippen LogP contribution in [0.15, 0.2) is 47.4 Å². The second-order valence-electron chi connectivity index (χ2n) is 6.60. The Balaban J connectivity index is 1.49. The molecule has 0 spiro atoms. The number of halogens is 1. The van der Waals surface area contributed by atoms with E-state index in [2.05, 4.69) is 19.9 Å². The number of fused-ring (bicyclic) bond motifs is 1. The number of rotatable bonds is 3. The van der Waals surface area contributed by atoms with Gasteiger partial charge in [0, 0.05) is 37.8 Å². The summed E-state index contributed by atoms with van der Waals surface area (Å²) in [6.07, 6.45) is 2.59. The second-order valence-corrected chi connectivity index (χ2v) is 6.60. The number of nitrogens with one attached hydrogen (secondary N) is 1. The molecule has 26 heavy (non-hydrogen) atoms. The third kappa shape index (κ3) is 3.41. The Morgan fingerprint density at radius 3 is 2.92 bits per heavy atom. The number of pyridine rings is 1. The Hall–Kier alpha value is -2.86. The van der Waals surface area contributed by atoms with E-state index in [1.54, 1.807) is 13.0 Å². The predicted octanol–water partition coefficient (Wildman–Crippen LogP) is 2.84. The number of aromatic nitrogens is 3. The lowest BCUT2D eigenvalue weighted by Gasteiger charge is -2.27. The molecule has 3 heterocycles. The van der Waals surface area contributed by atoms with Crippen LogP contribution in [-0.2, 0) is 19.5 Å². The van der Waals surface area contributed by atoms with Crippen LogP contribution in [0.3, 0.4) is 0 Å². The number of hydrogen-bond acceptors (Lipinski definition) is 4. The molecular weight excluding hydrogens is 331 g/mol. The van der Waals surface area contributed by atoms with Gasteiger partial charge in [-0.05, 0) is 30.7 Å². The number of benzene rings is 1. The highest BCUT2D eigenvalue weighted by molar-refractivity contribution is 5.58. The van der Waals surface area contributed by atoms with E-state index in [4.69, 9.17) is 0 Å². The van der Waals surface area contributed by atoms with Gasteiger partial charge in [-0.2, -0.15) is 0 Å². The molecule has 1 aromatic carbocycles. The predicted molar refractivity (Wildman–Crippen MR) is 97.0 cm³/mol. The van der Waals surface area contributed by atoms with Gasteiger partial charge in [-0.1, -0.05) is 18.2 Å². The summed E-state index contributed by atoms with van der Waals surface area (Å²) in [5.74, 6) is 0.397. The van der Waals surface area contributed by atoms with E-state index in [0.717, 1.165) is 41.0 Å². The highest BCUT2D eigenvalue weighted by Crippen LogP contribution is 2.20. The van der Waals surface area contributed by atoms with Gasteiger partial charge in [0.05, 0.1) is 17.0 Å². The van der Waals surface area contributed by atoms with E-state index in [1.165, 1.54) is 12.1 Å². The lowest BCUT2D eigenvalue weighted by Crippen LogP contribution is -2.35. The smallest absolute Gasteiger partial charge is 0.255 e. The summed E-state index contributed by atoms with van der Waals surface area (Å²) in [5.41, 5.74) is 4.18. The molecule has 0 saturated carbocycles. The van der Waals surface area contributed by atoms with E-state index in [0.29, 0.717) is 18.9 Å². The molecule has 0 atom stereocenters. The van der Waals surface area contributed by atoms with Crippen molar-refractivity contribution in [3.63, 3.8) is 0 Å². The SMILES string of the molecule is Cc1nc2c(c(=O)[nH]1)CN(Cc1ccc(-c3cccc(F)c3)nc1)CC2. The minimum absolute atomic E-state index is 0.0447. The Morgan fingerprint density at radius 2 is 2.15 bits per heavy atom. The Morgan fingerprint density at radius 1 is 1.27 bits per heavy atom. The Bertz CT molecular complexity index is 997. The van der Waals surface area contributed by atoms with E-state index >= 15 is 0 Å². The fourth-order valence-electron chi connectivity index (χ4n) is 3.33. The summed E-state index contributed by atoms with van der Waals surface area (Å²) >= 11 is 0. The summed E-state index contributed by atoms with van der Waals surface area (Å²) in [6, 6.07) is 10.3. The highest BCUT2D eigenvalue weighted by Gasteiger charge is 2.20. The number of aromatic amines is 1. The Labute approximate surface area is 150 Å². The maximum absolute atomic E-state index is 13.4. The van der Waals surface area contributed by atoms with Gasteiger partial charge in [-0.15, -0.1) is 0 Å². The first kappa shape index (κ1) is 16.6. The van der Waals surface area contributed by atoms with E-state index < -0.39 is 0 Å². The van der Waals surface area contributed by atoms with E-state index in [-0.39, 0.29) is 11.4 Å². The average molecular weight is 350 g/mol. The van der Waals surface area contributed by atoms with Gasteiger partial charge in [0.25, 0.3) is 5.56 Å². The van der Waals surface area contributed by atoms with Crippen molar-refractivity contribution < 1.29 is 4.39 Å². The van der Waals surface area contributed by atoms with Crippen LogP contribution < -0.4 is 5.56 Å². The van der Waals surface area contributed by atoms with Crippen molar-refractivity contribution in [1.29, 1.82) is 0 Å². The zero-order chi connectivity index (χ0) is 18.1. The maximum Gasteiger partial charge on any atom is 0.255 e. The van der Waals surface area contributed by atoms with Crippen molar-refractivity contribution in [3.8, 4) is 11.3 Å². The molecule has 0 radical (unpaired) electrons. The fourth-order valence-corrected chi connectivity index (χ4v) is 3.33.